The van der Waals surface area contributed by atoms with Crippen molar-refractivity contribution in [1.29, 1.82) is 0 Å². The van der Waals surface area contributed by atoms with Gasteiger partial charge in [0.25, 0.3) is 0 Å². The smallest absolute Gasteiger partial charge is 0.224 e. The summed E-state index contributed by atoms with van der Waals surface area (Å²) in [5.41, 5.74) is 8.40. The van der Waals surface area contributed by atoms with Crippen molar-refractivity contribution in [2.45, 2.75) is 38.5 Å². The largest absolute Gasteiger partial charge is 0.307 e. The summed E-state index contributed by atoms with van der Waals surface area (Å²) in [5.74, 6) is 2.55. The van der Waals surface area contributed by atoms with Gasteiger partial charge in [0.15, 0.2) is 6.20 Å². The number of aromatic nitrogens is 2. The molecule has 2 saturated carbocycles. The third-order valence-corrected chi connectivity index (χ3v) is 9.97. The molecule has 2 aliphatic rings. The standard InChI is InChI=1S/C34H29N2/c1-19-24-7-3-4-8-25(24)32-26-9-5-6-10-28(26)36-29-18-23(27-16-20-11-12-21(27)15-20)17-22-13-14-35(2)33(31(22)29)30(19)34(32)36/h3-10,13-14,17-18,20-21,27H,11-12,15-16H2,1-2H3/q+1. The van der Waals surface area contributed by atoms with E-state index < -0.39 is 0 Å². The van der Waals surface area contributed by atoms with E-state index in [1.807, 2.05) is 0 Å². The van der Waals surface area contributed by atoms with Gasteiger partial charge in [-0.1, -0.05) is 55.0 Å². The predicted molar refractivity (Wildman–Crippen MR) is 150 cm³/mol. The van der Waals surface area contributed by atoms with Crippen LogP contribution in [0.4, 0.5) is 0 Å². The summed E-state index contributed by atoms with van der Waals surface area (Å²) in [4.78, 5) is 0. The second-order valence-electron chi connectivity index (χ2n) is 11.7. The van der Waals surface area contributed by atoms with E-state index in [0.717, 1.165) is 17.8 Å². The van der Waals surface area contributed by atoms with Crippen LogP contribution in [-0.4, -0.2) is 4.40 Å². The molecule has 4 aromatic carbocycles. The maximum absolute atomic E-state index is 2.62. The average Bonchev–Trinajstić information content (AvgIpc) is 3.63. The number of benzene rings is 4. The van der Waals surface area contributed by atoms with Crippen LogP contribution in [0.3, 0.4) is 0 Å². The van der Waals surface area contributed by atoms with Crippen LogP contribution in [0.15, 0.2) is 72.9 Å². The van der Waals surface area contributed by atoms with Gasteiger partial charge in [-0.15, -0.1) is 0 Å². The number of fused-ring (bicyclic) bond motifs is 9. The molecule has 0 N–H and O–H groups in total. The van der Waals surface area contributed by atoms with Crippen molar-refractivity contribution in [1.82, 2.24) is 4.40 Å². The van der Waals surface area contributed by atoms with Crippen molar-refractivity contribution < 1.29 is 4.57 Å². The molecular formula is C34H29N2+. The quantitative estimate of drug-likeness (QED) is 0.131. The van der Waals surface area contributed by atoms with E-state index in [-0.39, 0.29) is 0 Å². The van der Waals surface area contributed by atoms with Gasteiger partial charge in [0, 0.05) is 16.8 Å². The number of hydrogen-bond donors (Lipinski definition) is 0. The summed E-state index contributed by atoms with van der Waals surface area (Å²) < 4.78 is 4.98. The van der Waals surface area contributed by atoms with Crippen molar-refractivity contribution in [2.75, 3.05) is 0 Å². The Morgan fingerprint density at radius 1 is 0.778 bits per heavy atom. The van der Waals surface area contributed by atoms with Gasteiger partial charge in [0.05, 0.1) is 27.3 Å². The number of pyridine rings is 2. The number of para-hydroxylation sites is 1. The molecule has 2 aliphatic carbocycles. The summed E-state index contributed by atoms with van der Waals surface area (Å²) in [6.45, 7) is 2.33. The van der Waals surface area contributed by atoms with Crippen LogP contribution in [0.25, 0.3) is 59.8 Å². The Hall–Kier alpha value is -3.65. The van der Waals surface area contributed by atoms with Crippen molar-refractivity contribution >= 4 is 59.8 Å². The molecule has 2 heteroatoms. The molecule has 0 radical (unpaired) electrons. The zero-order valence-electron chi connectivity index (χ0n) is 20.9. The maximum Gasteiger partial charge on any atom is 0.224 e. The molecule has 174 valence electrons. The molecule has 0 aliphatic heterocycles. The second-order valence-corrected chi connectivity index (χ2v) is 11.7. The number of hydrogen-bond acceptors (Lipinski definition) is 0. The molecular weight excluding hydrogens is 436 g/mol. The van der Waals surface area contributed by atoms with E-state index in [9.17, 15) is 0 Å². The van der Waals surface area contributed by atoms with Gasteiger partial charge in [-0.2, -0.15) is 0 Å². The Kier molecular flexibility index (Phi) is 3.56. The first-order valence-corrected chi connectivity index (χ1v) is 13.6. The fourth-order valence-electron chi connectivity index (χ4n) is 8.48. The minimum Gasteiger partial charge on any atom is -0.307 e. The lowest BCUT2D eigenvalue weighted by atomic mass is 9.82. The summed E-state index contributed by atoms with van der Waals surface area (Å²) in [6.07, 6.45) is 7.97. The van der Waals surface area contributed by atoms with Crippen molar-refractivity contribution in [2.24, 2.45) is 18.9 Å². The van der Waals surface area contributed by atoms with Crippen LogP contribution in [0.2, 0.25) is 0 Å². The molecule has 9 rings (SSSR count). The van der Waals surface area contributed by atoms with E-state index in [1.165, 1.54) is 91.0 Å². The SMILES string of the molecule is Cc1c2ccccc2c2c3ccccc3n3c4cc(C5CC6CCC5C6)cc5cc[n+](C)c(c1c23)c54. The Morgan fingerprint density at radius 3 is 2.39 bits per heavy atom. The molecule has 2 bridgehead atoms. The fourth-order valence-corrected chi connectivity index (χ4v) is 8.48. The van der Waals surface area contributed by atoms with Crippen molar-refractivity contribution in [3.63, 3.8) is 0 Å². The van der Waals surface area contributed by atoms with Crippen LogP contribution in [0.1, 0.15) is 42.7 Å². The molecule has 3 unspecified atom stereocenters. The van der Waals surface area contributed by atoms with Gasteiger partial charge >= 0.3 is 0 Å². The van der Waals surface area contributed by atoms with Crippen LogP contribution < -0.4 is 4.57 Å². The Labute approximate surface area is 210 Å². The van der Waals surface area contributed by atoms with Crippen LogP contribution in [-0.2, 0) is 7.05 Å². The zero-order valence-corrected chi connectivity index (χ0v) is 20.9. The lowest BCUT2D eigenvalue weighted by Gasteiger charge is -2.23. The maximum atomic E-state index is 2.62. The topological polar surface area (TPSA) is 8.29 Å². The Balaban J connectivity index is 1.59. The average molecular weight is 466 g/mol. The minimum absolute atomic E-state index is 0.721. The lowest BCUT2D eigenvalue weighted by molar-refractivity contribution is -0.643. The fraction of sp³-hybridized carbons (Fsp3) is 0.265. The van der Waals surface area contributed by atoms with Gasteiger partial charge in [0.2, 0.25) is 5.52 Å². The van der Waals surface area contributed by atoms with Crippen LogP contribution in [0, 0.1) is 18.8 Å². The highest BCUT2D eigenvalue weighted by Crippen LogP contribution is 2.54. The predicted octanol–water partition coefficient (Wildman–Crippen LogP) is 8.18. The van der Waals surface area contributed by atoms with Crippen LogP contribution in [0.5, 0.6) is 0 Å². The van der Waals surface area contributed by atoms with Crippen molar-refractivity contribution in [3.8, 4) is 0 Å². The highest BCUT2D eigenvalue weighted by Gasteiger charge is 2.40. The van der Waals surface area contributed by atoms with E-state index in [2.05, 4.69) is 95.9 Å². The Morgan fingerprint density at radius 2 is 1.58 bits per heavy atom. The third kappa shape index (κ3) is 2.23. The van der Waals surface area contributed by atoms with E-state index in [1.54, 1.807) is 5.56 Å². The highest BCUT2D eigenvalue weighted by atomic mass is 15.0. The summed E-state index contributed by atoms with van der Waals surface area (Å²) in [7, 11) is 2.22. The van der Waals surface area contributed by atoms with Crippen LogP contribution >= 0.6 is 0 Å². The van der Waals surface area contributed by atoms with Gasteiger partial charge in [-0.25, -0.2) is 4.57 Å². The van der Waals surface area contributed by atoms with Crippen molar-refractivity contribution in [3.05, 3.63) is 84.1 Å². The summed E-state index contributed by atoms with van der Waals surface area (Å²) in [6, 6.07) is 25.5. The van der Waals surface area contributed by atoms with Gasteiger partial charge in [-0.05, 0) is 83.4 Å². The molecule has 3 aromatic heterocycles. The van der Waals surface area contributed by atoms with E-state index in [4.69, 9.17) is 0 Å². The molecule has 0 saturated heterocycles. The molecule has 0 spiro atoms. The first-order valence-electron chi connectivity index (χ1n) is 13.6. The normalized spacial score (nSPS) is 22.0. The molecule has 3 heterocycles. The Bertz CT molecular complexity index is 2040. The van der Waals surface area contributed by atoms with Gasteiger partial charge < -0.3 is 4.40 Å². The van der Waals surface area contributed by atoms with E-state index in [0.29, 0.717) is 0 Å². The number of rotatable bonds is 1. The monoisotopic (exact) mass is 465 g/mol. The molecule has 2 nitrogen and oxygen atoms in total. The summed E-state index contributed by atoms with van der Waals surface area (Å²) in [5, 5.41) is 9.68. The molecule has 3 atom stereocenters. The second kappa shape index (κ2) is 6.56. The van der Waals surface area contributed by atoms with Gasteiger partial charge in [0.1, 0.15) is 7.05 Å². The lowest BCUT2D eigenvalue weighted by Crippen LogP contribution is -2.29. The molecule has 2 fully saturated rings. The first-order chi connectivity index (χ1) is 17.7. The highest BCUT2D eigenvalue weighted by molar-refractivity contribution is 6.32. The molecule has 7 aromatic rings. The number of nitrogens with zero attached hydrogens (tertiary/aromatic N) is 2. The van der Waals surface area contributed by atoms with Gasteiger partial charge in [-0.3, -0.25) is 0 Å². The first kappa shape index (κ1) is 19.5. The van der Waals surface area contributed by atoms with E-state index >= 15 is 0 Å². The zero-order chi connectivity index (χ0) is 23.7. The summed E-state index contributed by atoms with van der Waals surface area (Å²) >= 11 is 0. The molecule has 0 amide bonds. The third-order valence-electron chi connectivity index (χ3n) is 9.97. The molecule has 36 heavy (non-hydrogen) atoms. The number of aryl methyl sites for hydroxylation is 2. The minimum atomic E-state index is 0.721.